The third kappa shape index (κ3) is 3.57. The number of carbonyl (C=O) groups is 1. The Kier molecular flexibility index (Phi) is 4.76. The molecule has 3 heterocycles. The third-order valence-corrected chi connectivity index (χ3v) is 5.10. The number of carbonyl (C=O) groups excluding carboxylic acids is 1. The number of rotatable bonds is 3. The fourth-order valence-electron chi connectivity index (χ4n) is 3.79. The highest BCUT2D eigenvalue weighted by Crippen LogP contribution is 2.28. The summed E-state index contributed by atoms with van der Waals surface area (Å²) in [5.74, 6) is 0.161. The van der Waals surface area contributed by atoms with Crippen LogP contribution in [-0.4, -0.2) is 48.1 Å². The highest BCUT2D eigenvalue weighted by Gasteiger charge is 2.39. The van der Waals surface area contributed by atoms with Crippen LogP contribution in [-0.2, 0) is 16.1 Å². The van der Waals surface area contributed by atoms with Crippen molar-refractivity contribution >= 4 is 11.6 Å². The van der Waals surface area contributed by atoms with E-state index in [9.17, 15) is 4.79 Å². The van der Waals surface area contributed by atoms with Crippen molar-refractivity contribution < 1.29 is 9.53 Å². The number of anilines is 1. The molecule has 0 aliphatic carbocycles. The van der Waals surface area contributed by atoms with Crippen LogP contribution in [0.4, 0.5) is 5.69 Å². The molecule has 1 aromatic heterocycles. The number of benzene rings is 1. The number of amides is 1. The van der Waals surface area contributed by atoms with E-state index < -0.39 is 0 Å². The van der Waals surface area contributed by atoms with E-state index in [-0.39, 0.29) is 17.9 Å². The number of nitrogens with zero attached hydrogens (tertiary/aromatic N) is 3. The predicted octanol–water partition coefficient (Wildman–Crippen LogP) is 2.34. The maximum Gasteiger partial charge on any atom is 0.232 e. The number of ether oxygens (including phenoxy) is 1. The van der Waals surface area contributed by atoms with E-state index in [0.717, 1.165) is 31.7 Å². The Bertz CT molecular complexity index is 707. The molecule has 5 nitrogen and oxygen atoms in total. The lowest BCUT2D eigenvalue weighted by Crippen LogP contribution is -2.49. The van der Waals surface area contributed by atoms with E-state index in [1.54, 1.807) is 0 Å². The van der Waals surface area contributed by atoms with Gasteiger partial charge in [0.2, 0.25) is 5.91 Å². The van der Waals surface area contributed by atoms with E-state index >= 15 is 0 Å². The second kappa shape index (κ2) is 7.33. The van der Waals surface area contributed by atoms with Crippen LogP contribution in [0.2, 0.25) is 0 Å². The largest absolute Gasteiger partial charge is 0.374 e. The Labute approximate surface area is 148 Å². The lowest BCUT2D eigenvalue weighted by molar-refractivity contribution is -0.128. The van der Waals surface area contributed by atoms with E-state index in [2.05, 4.69) is 9.88 Å². The van der Waals surface area contributed by atoms with Crippen LogP contribution in [0.25, 0.3) is 0 Å². The summed E-state index contributed by atoms with van der Waals surface area (Å²) in [6, 6.07) is 14.0. The minimum absolute atomic E-state index is 0.0169. The summed E-state index contributed by atoms with van der Waals surface area (Å²) >= 11 is 0. The molecule has 5 heteroatoms. The van der Waals surface area contributed by atoms with Crippen LogP contribution in [0.1, 0.15) is 12.0 Å². The van der Waals surface area contributed by atoms with Gasteiger partial charge < -0.3 is 9.64 Å². The summed E-state index contributed by atoms with van der Waals surface area (Å²) < 4.78 is 6.08. The standard InChI is InChI=1S/C20H23N3O2/c24-20-18-8-11-22(14-16-6-9-21-10-7-16)15-19(18)25-13-12-23(20)17-4-2-1-3-5-17/h1-7,9-10,18-19H,8,11-15H2/t18-,19+/m1/s1. The first-order valence-electron chi connectivity index (χ1n) is 8.90. The van der Waals surface area contributed by atoms with Gasteiger partial charge in [-0.05, 0) is 42.8 Å². The molecule has 2 aliphatic heterocycles. The van der Waals surface area contributed by atoms with Gasteiger partial charge in [-0.2, -0.15) is 0 Å². The van der Waals surface area contributed by atoms with Crippen LogP contribution >= 0.6 is 0 Å². The second-order valence-corrected chi connectivity index (χ2v) is 6.72. The minimum atomic E-state index is -0.0450. The number of hydrogen-bond acceptors (Lipinski definition) is 4. The first kappa shape index (κ1) is 16.2. The first-order chi connectivity index (χ1) is 12.3. The number of aromatic nitrogens is 1. The van der Waals surface area contributed by atoms with Crippen molar-refractivity contribution in [1.29, 1.82) is 0 Å². The fraction of sp³-hybridized carbons (Fsp3) is 0.400. The molecule has 0 unspecified atom stereocenters. The van der Waals surface area contributed by atoms with Gasteiger partial charge in [-0.15, -0.1) is 0 Å². The molecule has 1 amide bonds. The molecule has 0 radical (unpaired) electrons. The van der Waals surface area contributed by atoms with Crippen molar-refractivity contribution in [2.24, 2.45) is 5.92 Å². The van der Waals surface area contributed by atoms with Gasteiger partial charge in [0.15, 0.2) is 0 Å². The maximum absolute atomic E-state index is 13.1. The van der Waals surface area contributed by atoms with Crippen LogP contribution in [0.5, 0.6) is 0 Å². The van der Waals surface area contributed by atoms with Crippen molar-refractivity contribution in [2.45, 2.75) is 19.1 Å². The van der Waals surface area contributed by atoms with Gasteiger partial charge >= 0.3 is 0 Å². The molecule has 2 atom stereocenters. The number of hydrogen-bond donors (Lipinski definition) is 0. The van der Waals surface area contributed by atoms with Gasteiger partial charge in [-0.1, -0.05) is 18.2 Å². The second-order valence-electron chi connectivity index (χ2n) is 6.72. The van der Waals surface area contributed by atoms with Gasteiger partial charge in [0.05, 0.1) is 18.6 Å². The van der Waals surface area contributed by atoms with E-state index in [1.807, 2.05) is 59.8 Å². The lowest BCUT2D eigenvalue weighted by atomic mass is 9.92. The average molecular weight is 337 g/mol. The number of piperidine rings is 1. The smallest absolute Gasteiger partial charge is 0.232 e. The van der Waals surface area contributed by atoms with Crippen molar-refractivity contribution in [1.82, 2.24) is 9.88 Å². The first-order valence-corrected chi connectivity index (χ1v) is 8.90. The normalized spacial score (nSPS) is 24.6. The summed E-state index contributed by atoms with van der Waals surface area (Å²) in [4.78, 5) is 21.4. The number of pyridine rings is 1. The Morgan fingerprint density at radius 2 is 1.88 bits per heavy atom. The van der Waals surface area contributed by atoms with Crippen molar-refractivity contribution in [3.63, 3.8) is 0 Å². The molecule has 0 N–H and O–H groups in total. The van der Waals surface area contributed by atoms with Crippen LogP contribution in [0.15, 0.2) is 54.9 Å². The van der Waals surface area contributed by atoms with Gasteiger partial charge in [-0.3, -0.25) is 14.7 Å². The molecule has 0 spiro atoms. The molecule has 2 aliphatic rings. The Balaban J connectivity index is 1.45. The van der Waals surface area contributed by atoms with Crippen molar-refractivity contribution in [3.8, 4) is 0 Å². The molecular weight excluding hydrogens is 314 g/mol. The molecule has 1 aromatic carbocycles. The fourth-order valence-corrected chi connectivity index (χ4v) is 3.79. The topological polar surface area (TPSA) is 45.7 Å². The van der Waals surface area contributed by atoms with Gasteiger partial charge in [-0.25, -0.2) is 0 Å². The summed E-state index contributed by atoms with van der Waals surface area (Å²) in [7, 11) is 0. The molecule has 2 saturated heterocycles. The van der Waals surface area contributed by atoms with E-state index in [4.69, 9.17) is 4.74 Å². The lowest BCUT2D eigenvalue weighted by Gasteiger charge is -2.37. The van der Waals surface area contributed by atoms with Gasteiger partial charge in [0.1, 0.15) is 0 Å². The third-order valence-electron chi connectivity index (χ3n) is 5.10. The number of fused-ring (bicyclic) bond motifs is 1. The predicted molar refractivity (Wildman–Crippen MR) is 96.2 cm³/mol. The zero-order valence-electron chi connectivity index (χ0n) is 14.3. The zero-order chi connectivity index (χ0) is 17.1. The van der Waals surface area contributed by atoms with Crippen molar-refractivity contribution in [3.05, 3.63) is 60.4 Å². The van der Waals surface area contributed by atoms with E-state index in [1.165, 1.54) is 5.56 Å². The van der Waals surface area contributed by atoms with Crippen LogP contribution in [0, 0.1) is 5.92 Å². The summed E-state index contributed by atoms with van der Waals surface area (Å²) in [6.45, 7) is 3.82. The average Bonchev–Trinajstić information content (AvgIpc) is 2.82. The summed E-state index contributed by atoms with van der Waals surface area (Å²) in [6.07, 6.45) is 4.48. The molecule has 0 bridgehead atoms. The minimum Gasteiger partial charge on any atom is -0.374 e. The molecule has 2 aromatic rings. The Morgan fingerprint density at radius 1 is 1.08 bits per heavy atom. The highest BCUT2D eigenvalue weighted by molar-refractivity contribution is 5.95. The van der Waals surface area contributed by atoms with Crippen molar-refractivity contribution in [2.75, 3.05) is 31.1 Å². The molecule has 25 heavy (non-hydrogen) atoms. The highest BCUT2D eigenvalue weighted by atomic mass is 16.5. The molecule has 4 rings (SSSR count). The number of likely N-dealkylation sites (tertiary alicyclic amines) is 1. The zero-order valence-corrected chi connectivity index (χ0v) is 14.3. The Hall–Kier alpha value is -2.24. The molecule has 130 valence electrons. The van der Waals surface area contributed by atoms with Gasteiger partial charge in [0, 0.05) is 37.7 Å². The SMILES string of the molecule is O=C1[C@@H]2CCN(Cc3ccncc3)C[C@@H]2OCCN1c1ccccc1. The maximum atomic E-state index is 13.1. The summed E-state index contributed by atoms with van der Waals surface area (Å²) in [5.41, 5.74) is 2.22. The molecular formula is C20H23N3O2. The molecule has 0 saturated carbocycles. The summed E-state index contributed by atoms with van der Waals surface area (Å²) in [5, 5.41) is 0. The Morgan fingerprint density at radius 3 is 2.68 bits per heavy atom. The van der Waals surface area contributed by atoms with Crippen LogP contribution in [0.3, 0.4) is 0 Å². The van der Waals surface area contributed by atoms with E-state index in [0.29, 0.717) is 13.2 Å². The quantitative estimate of drug-likeness (QED) is 0.862. The van der Waals surface area contributed by atoms with Crippen LogP contribution < -0.4 is 4.90 Å². The van der Waals surface area contributed by atoms with Gasteiger partial charge in [0.25, 0.3) is 0 Å². The molecule has 2 fully saturated rings. The number of para-hydroxylation sites is 1. The monoisotopic (exact) mass is 337 g/mol.